The molecule has 0 aromatic heterocycles. The first-order valence-corrected chi connectivity index (χ1v) is 15.6. The standard InChI is InChI=1S/C35H41N3O4S/c1-25-9-18-31(19-10-25)43(39,40)32-20-16-30(17-21-32)42-29-14-11-27(12-15-29)35(2,3)28-13-22-33(41-8)26(23-28)24-36-34(37(4)5)38(6)7/h9-23H,24H2,1-8H3. The molecule has 0 unspecified atom stereocenters. The van der Waals surface area contributed by atoms with Crippen LogP contribution >= 0.6 is 0 Å². The first-order chi connectivity index (χ1) is 20.3. The minimum absolute atomic E-state index is 0.227. The molecule has 0 amide bonds. The molecule has 226 valence electrons. The highest BCUT2D eigenvalue weighted by Crippen LogP contribution is 2.36. The van der Waals surface area contributed by atoms with Crippen molar-refractivity contribution in [2.24, 2.45) is 4.99 Å². The predicted molar refractivity (Wildman–Crippen MR) is 173 cm³/mol. The van der Waals surface area contributed by atoms with E-state index >= 15 is 0 Å². The summed E-state index contributed by atoms with van der Waals surface area (Å²) in [4.78, 5) is 9.31. The van der Waals surface area contributed by atoms with Crippen LogP contribution in [0.3, 0.4) is 0 Å². The Hall–Kier alpha value is -4.30. The van der Waals surface area contributed by atoms with Gasteiger partial charge >= 0.3 is 0 Å². The molecule has 0 spiro atoms. The SMILES string of the molecule is COc1ccc(C(C)(C)c2ccc(Oc3ccc(S(=O)(=O)c4ccc(C)cc4)cc3)cc2)cc1CN=C(N(C)C)N(C)C. The van der Waals surface area contributed by atoms with Gasteiger partial charge in [0.05, 0.1) is 23.4 Å². The topological polar surface area (TPSA) is 71.4 Å². The average molecular weight is 600 g/mol. The van der Waals surface area contributed by atoms with Crippen molar-refractivity contribution in [3.63, 3.8) is 0 Å². The normalized spacial score (nSPS) is 11.5. The summed E-state index contributed by atoms with van der Waals surface area (Å²) >= 11 is 0. The van der Waals surface area contributed by atoms with Gasteiger partial charge in [0.1, 0.15) is 17.2 Å². The van der Waals surface area contributed by atoms with Gasteiger partial charge in [0.2, 0.25) is 9.84 Å². The Labute approximate surface area is 256 Å². The Kier molecular flexibility index (Phi) is 9.50. The van der Waals surface area contributed by atoms with Crippen molar-refractivity contribution >= 4 is 15.8 Å². The van der Waals surface area contributed by atoms with Gasteiger partial charge in [-0.15, -0.1) is 0 Å². The largest absolute Gasteiger partial charge is 0.496 e. The number of hydrogen-bond donors (Lipinski definition) is 0. The number of sulfone groups is 1. The summed E-state index contributed by atoms with van der Waals surface area (Å²) in [5.74, 6) is 2.91. The third-order valence-electron chi connectivity index (χ3n) is 7.47. The van der Waals surface area contributed by atoms with Crippen molar-refractivity contribution in [2.45, 2.75) is 42.5 Å². The molecule has 0 atom stereocenters. The van der Waals surface area contributed by atoms with E-state index in [9.17, 15) is 8.42 Å². The van der Waals surface area contributed by atoms with Crippen LogP contribution in [0, 0.1) is 6.92 Å². The molecular weight excluding hydrogens is 558 g/mol. The lowest BCUT2D eigenvalue weighted by Gasteiger charge is -2.27. The van der Waals surface area contributed by atoms with Crippen LogP contribution in [0.5, 0.6) is 17.2 Å². The lowest BCUT2D eigenvalue weighted by atomic mass is 9.77. The smallest absolute Gasteiger partial charge is 0.206 e. The molecule has 43 heavy (non-hydrogen) atoms. The molecule has 0 aliphatic heterocycles. The first kappa shape index (κ1) is 31.6. The Morgan fingerprint density at radius 1 is 0.744 bits per heavy atom. The number of rotatable bonds is 9. The highest BCUT2D eigenvalue weighted by atomic mass is 32.2. The Bertz CT molecular complexity index is 1670. The maximum absolute atomic E-state index is 13.0. The molecular formula is C35H41N3O4S. The van der Waals surface area contributed by atoms with Gasteiger partial charge in [0.15, 0.2) is 5.96 Å². The van der Waals surface area contributed by atoms with Gasteiger partial charge in [-0.1, -0.05) is 49.7 Å². The maximum atomic E-state index is 13.0. The highest BCUT2D eigenvalue weighted by Gasteiger charge is 2.25. The minimum atomic E-state index is -3.59. The van der Waals surface area contributed by atoms with Gasteiger partial charge in [0, 0.05) is 39.2 Å². The van der Waals surface area contributed by atoms with E-state index < -0.39 is 9.84 Å². The van der Waals surface area contributed by atoms with E-state index in [2.05, 4.69) is 38.1 Å². The number of aryl methyl sites for hydroxylation is 1. The first-order valence-electron chi connectivity index (χ1n) is 14.1. The van der Waals surface area contributed by atoms with E-state index in [0.717, 1.165) is 34.0 Å². The predicted octanol–water partition coefficient (Wildman–Crippen LogP) is 6.93. The third-order valence-corrected chi connectivity index (χ3v) is 9.26. The summed E-state index contributed by atoms with van der Waals surface area (Å²) in [5, 5.41) is 0. The number of hydrogen-bond acceptors (Lipinski definition) is 5. The van der Waals surface area contributed by atoms with Crippen molar-refractivity contribution in [1.29, 1.82) is 0 Å². The van der Waals surface area contributed by atoms with Crippen LogP contribution in [0.25, 0.3) is 0 Å². The molecule has 0 saturated heterocycles. The summed E-state index contributed by atoms with van der Waals surface area (Å²) in [6.45, 7) is 6.80. The summed E-state index contributed by atoms with van der Waals surface area (Å²) in [5.41, 5.74) is 4.01. The van der Waals surface area contributed by atoms with E-state index in [4.69, 9.17) is 14.5 Å². The zero-order chi connectivity index (χ0) is 31.4. The van der Waals surface area contributed by atoms with Gasteiger partial charge < -0.3 is 19.3 Å². The zero-order valence-corrected chi connectivity index (χ0v) is 27.1. The Balaban J connectivity index is 1.51. The number of guanidine groups is 1. The molecule has 0 aliphatic rings. The number of aliphatic imine (C=N–C) groups is 1. The van der Waals surface area contributed by atoms with E-state index in [1.807, 2.05) is 63.1 Å². The van der Waals surface area contributed by atoms with Crippen LogP contribution in [-0.2, 0) is 21.8 Å². The van der Waals surface area contributed by atoms with Crippen molar-refractivity contribution < 1.29 is 17.9 Å². The van der Waals surface area contributed by atoms with Crippen molar-refractivity contribution in [2.75, 3.05) is 35.3 Å². The Morgan fingerprint density at radius 2 is 1.23 bits per heavy atom. The molecule has 0 heterocycles. The van der Waals surface area contributed by atoms with Crippen LogP contribution < -0.4 is 9.47 Å². The fraction of sp³-hybridized carbons (Fsp3) is 0.286. The summed E-state index contributed by atoms with van der Waals surface area (Å²) < 4.78 is 37.7. The van der Waals surface area contributed by atoms with Gasteiger partial charge in [-0.05, 0) is 78.7 Å². The quantitative estimate of drug-likeness (QED) is 0.153. The van der Waals surface area contributed by atoms with E-state index in [0.29, 0.717) is 18.0 Å². The molecule has 4 aromatic carbocycles. The zero-order valence-electron chi connectivity index (χ0n) is 26.3. The van der Waals surface area contributed by atoms with Crippen LogP contribution in [0.2, 0.25) is 0 Å². The second kappa shape index (κ2) is 12.9. The summed E-state index contributed by atoms with van der Waals surface area (Å²) in [6, 6.07) is 27.6. The summed E-state index contributed by atoms with van der Waals surface area (Å²) in [7, 11) is 6.02. The molecule has 0 saturated carbocycles. The van der Waals surface area contributed by atoms with Crippen molar-refractivity contribution in [3.05, 3.63) is 113 Å². The molecule has 4 rings (SSSR count). The molecule has 8 heteroatoms. The van der Waals surface area contributed by atoms with E-state index in [1.165, 1.54) is 0 Å². The lowest BCUT2D eigenvalue weighted by molar-refractivity contribution is 0.408. The third kappa shape index (κ3) is 7.20. The highest BCUT2D eigenvalue weighted by molar-refractivity contribution is 7.91. The van der Waals surface area contributed by atoms with Gasteiger partial charge in [-0.2, -0.15) is 0 Å². The maximum Gasteiger partial charge on any atom is 0.206 e. The van der Waals surface area contributed by atoms with Crippen LogP contribution in [-0.4, -0.2) is 59.5 Å². The second-order valence-electron chi connectivity index (χ2n) is 11.5. The van der Waals surface area contributed by atoms with Gasteiger partial charge in [-0.25, -0.2) is 13.4 Å². The fourth-order valence-corrected chi connectivity index (χ4v) is 6.17. The second-order valence-corrected chi connectivity index (χ2v) is 13.4. The minimum Gasteiger partial charge on any atom is -0.496 e. The number of benzene rings is 4. The molecule has 0 N–H and O–H groups in total. The molecule has 4 aromatic rings. The van der Waals surface area contributed by atoms with Crippen LogP contribution in [0.1, 0.15) is 36.1 Å². The summed E-state index contributed by atoms with van der Waals surface area (Å²) in [6.07, 6.45) is 0. The molecule has 0 fully saturated rings. The van der Waals surface area contributed by atoms with Crippen molar-refractivity contribution in [1.82, 2.24) is 9.80 Å². The fourth-order valence-electron chi connectivity index (χ4n) is 4.91. The number of methoxy groups -OCH3 is 1. The lowest BCUT2D eigenvalue weighted by Crippen LogP contribution is -2.35. The van der Waals surface area contributed by atoms with Gasteiger partial charge in [-0.3, -0.25) is 0 Å². The molecule has 0 bridgehead atoms. The van der Waals surface area contributed by atoms with Crippen molar-refractivity contribution in [3.8, 4) is 17.2 Å². The van der Waals surface area contributed by atoms with E-state index in [1.54, 1.807) is 55.6 Å². The molecule has 7 nitrogen and oxygen atoms in total. The van der Waals surface area contributed by atoms with Gasteiger partial charge in [0.25, 0.3) is 0 Å². The monoisotopic (exact) mass is 599 g/mol. The number of ether oxygens (including phenoxy) is 2. The van der Waals surface area contributed by atoms with Crippen LogP contribution in [0.4, 0.5) is 0 Å². The van der Waals surface area contributed by atoms with E-state index in [-0.39, 0.29) is 15.2 Å². The average Bonchev–Trinajstić information content (AvgIpc) is 2.97. The number of nitrogens with zero attached hydrogens (tertiary/aromatic N) is 3. The van der Waals surface area contributed by atoms with Crippen LogP contribution in [0.15, 0.2) is 106 Å². The Morgan fingerprint density at radius 3 is 1.74 bits per heavy atom. The molecule has 0 aliphatic carbocycles. The molecule has 0 radical (unpaired) electrons.